The molecule has 0 aliphatic heterocycles. The van der Waals surface area contributed by atoms with Crippen LogP contribution in [-0.4, -0.2) is 10.2 Å². The van der Waals surface area contributed by atoms with Crippen LogP contribution in [-0.2, 0) is 0 Å². The van der Waals surface area contributed by atoms with Gasteiger partial charge in [0.1, 0.15) is 0 Å². The SMILES string of the molecule is C=CC1([SiH3])CC1. The lowest BCUT2D eigenvalue weighted by molar-refractivity contribution is 1.16. The summed E-state index contributed by atoms with van der Waals surface area (Å²) in [4.78, 5) is 0. The molecule has 1 aliphatic rings. The summed E-state index contributed by atoms with van der Waals surface area (Å²) < 4.78 is 0. The Balaban J connectivity index is 2.47. The van der Waals surface area contributed by atoms with Crippen LogP contribution in [0.25, 0.3) is 0 Å². The van der Waals surface area contributed by atoms with E-state index in [1.54, 1.807) is 0 Å². The third kappa shape index (κ3) is 0.546. The van der Waals surface area contributed by atoms with Crippen molar-refractivity contribution in [3.05, 3.63) is 12.7 Å². The zero-order chi connectivity index (χ0) is 4.62. The Labute approximate surface area is 41.7 Å². The van der Waals surface area contributed by atoms with Crippen LogP contribution < -0.4 is 0 Å². The second kappa shape index (κ2) is 0.967. The molecule has 6 heavy (non-hydrogen) atoms. The maximum atomic E-state index is 3.73. The molecule has 0 heterocycles. The van der Waals surface area contributed by atoms with Crippen molar-refractivity contribution in [3.8, 4) is 0 Å². The first-order valence-corrected chi connectivity index (χ1v) is 3.40. The Morgan fingerprint density at radius 1 is 1.67 bits per heavy atom. The normalized spacial score (nSPS) is 26.7. The first-order valence-electron chi connectivity index (χ1n) is 2.40. The van der Waals surface area contributed by atoms with Crippen LogP contribution in [0.1, 0.15) is 12.8 Å². The van der Waals surface area contributed by atoms with E-state index in [9.17, 15) is 0 Å². The summed E-state index contributed by atoms with van der Waals surface area (Å²) in [5, 5.41) is 0.694. The van der Waals surface area contributed by atoms with Crippen LogP contribution in [0, 0.1) is 0 Å². The molecule has 0 aromatic rings. The lowest BCUT2D eigenvalue weighted by Crippen LogP contribution is -1.78. The minimum Gasteiger partial charge on any atom is -0.103 e. The van der Waals surface area contributed by atoms with E-state index in [4.69, 9.17) is 0 Å². The summed E-state index contributed by atoms with van der Waals surface area (Å²) in [6, 6.07) is 0. The van der Waals surface area contributed by atoms with Crippen LogP contribution in [0.5, 0.6) is 0 Å². The van der Waals surface area contributed by atoms with Crippen molar-refractivity contribution in [1.82, 2.24) is 0 Å². The Morgan fingerprint density at radius 2 is 2.17 bits per heavy atom. The monoisotopic (exact) mass is 98.1 g/mol. The Hall–Kier alpha value is -0.0431. The van der Waals surface area contributed by atoms with Gasteiger partial charge >= 0.3 is 0 Å². The molecular formula is C5H10Si. The van der Waals surface area contributed by atoms with Crippen molar-refractivity contribution in [2.24, 2.45) is 0 Å². The first-order chi connectivity index (χ1) is 2.77. The molecule has 1 saturated carbocycles. The summed E-state index contributed by atoms with van der Waals surface area (Å²) in [5.41, 5.74) is 0. The minimum atomic E-state index is 0.694. The molecule has 0 spiro atoms. The molecule has 1 aliphatic carbocycles. The topological polar surface area (TPSA) is 0 Å². The average molecular weight is 98.2 g/mol. The van der Waals surface area contributed by atoms with Crippen LogP contribution >= 0.6 is 0 Å². The summed E-state index contributed by atoms with van der Waals surface area (Å²) in [6.07, 6.45) is 4.95. The van der Waals surface area contributed by atoms with Gasteiger partial charge in [-0.3, -0.25) is 0 Å². The number of hydrogen-bond donors (Lipinski definition) is 0. The molecule has 0 aromatic heterocycles. The smallest absolute Gasteiger partial charge is 0.0154 e. The Kier molecular flexibility index (Phi) is 0.665. The van der Waals surface area contributed by atoms with E-state index in [1.165, 1.54) is 23.1 Å². The molecular weight excluding hydrogens is 88.1 g/mol. The van der Waals surface area contributed by atoms with Gasteiger partial charge < -0.3 is 0 Å². The molecule has 0 aromatic carbocycles. The van der Waals surface area contributed by atoms with Crippen LogP contribution in [0.2, 0.25) is 5.04 Å². The van der Waals surface area contributed by atoms with E-state index in [0.29, 0.717) is 5.04 Å². The van der Waals surface area contributed by atoms with Gasteiger partial charge in [0.25, 0.3) is 0 Å². The van der Waals surface area contributed by atoms with Crippen molar-refractivity contribution in [2.75, 3.05) is 0 Å². The van der Waals surface area contributed by atoms with Crippen LogP contribution in [0.4, 0.5) is 0 Å². The van der Waals surface area contributed by atoms with Gasteiger partial charge in [0.15, 0.2) is 0 Å². The molecule has 34 valence electrons. The molecule has 0 radical (unpaired) electrons. The van der Waals surface area contributed by atoms with Crippen molar-refractivity contribution in [2.45, 2.75) is 17.9 Å². The van der Waals surface area contributed by atoms with Crippen LogP contribution in [0.3, 0.4) is 0 Å². The molecule has 0 saturated heterocycles. The summed E-state index contributed by atoms with van der Waals surface area (Å²) in [7, 11) is 1.32. The molecule has 0 atom stereocenters. The quantitative estimate of drug-likeness (QED) is 0.331. The van der Waals surface area contributed by atoms with E-state index in [-0.39, 0.29) is 0 Å². The van der Waals surface area contributed by atoms with E-state index >= 15 is 0 Å². The first kappa shape index (κ1) is 4.12. The third-order valence-corrected chi connectivity index (χ3v) is 2.94. The fourth-order valence-corrected chi connectivity index (χ4v) is 0.651. The lowest BCUT2D eigenvalue weighted by atomic mass is 10.4. The van der Waals surface area contributed by atoms with Crippen molar-refractivity contribution in [3.63, 3.8) is 0 Å². The second-order valence-corrected chi connectivity index (χ2v) is 4.35. The predicted molar refractivity (Wildman–Crippen MR) is 32.1 cm³/mol. The predicted octanol–water partition coefficient (Wildman–Crippen LogP) is 0.490. The van der Waals surface area contributed by atoms with Crippen LogP contribution in [0.15, 0.2) is 12.7 Å². The van der Waals surface area contributed by atoms with E-state index in [1.807, 2.05) is 0 Å². The fraction of sp³-hybridized carbons (Fsp3) is 0.600. The highest BCUT2D eigenvalue weighted by atomic mass is 28.1. The number of allylic oxidation sites excluding steroid dienone is 1. The number of rotatable bonds is 1. The van der Waals surface area contributed by atoms with E-state index < -0.39 is 0 Å². The Bertz CT molecular complexity index is 72.0. The molecule has 0 bridgehead atoms. The molecule has 0 unspecified atom stereocenters. The zero-order valence-corrected chi connectivity index (χ0v) is 6.20. The summed E-state index contributed by atoms with van der Waals surface area (Å²) >= 11 is 0. The number of hydrogen-bond acceptors (Lipinski definition) is 0. The maximum absolute atomic E-state index is 3.73. The molecule has 1 rings (SSSR count). The molecule has 0 nitrogen and oxygen atoms in total. The summed E-state index contributed by atoms with van der Waals surface area (Å²) in [5.74, 6) is 0. The largest absolute Gasteiger partial charge is 0.103 e. The van der Waals surface area contributed by atoms with Gasteiger partial charge in [0, 0.05) is 10.2 Å². The highest BCUT2D eigenvalue weighted by Crippen LogP contribution is 2.50. The van der Waals surface area contributed by atoms with Gasteiger partial charge in [-0.2, -0.15) is 0 Å². The lowest BCUT2D eigenvalue weighted by Gasteiger charge is -1.90. The van der Waals surface area contributed by atoms with Gasteiger partial charge in [0.2, 0.25) is 0 Å². The molecule has 1 heteroatoms. The van der Waals surface area contributed by atoms with Crippen molar-refractivity contribution >= 4 is 10.2 Å². The molecule has 0 N–H and O–H groups in total. The standard InChI is InChI=1S/C5H10Si/c1-2-5(6)3-4-5/h2H,1,3-4H2,6H3. The highest BCUT2D eigenvalue weighted by Gasteiger charge is 2.32. The molecule has 0 amide bonds. The van der Waals surface area contributed by atoms with Gasteiger partial charge in [-0.25, -0.2) is 0 Å². The minimum absolute atomic E-state index is 0.694. The van der Waals surface area contributed by atoms with Gasteiger partial charge in [0.05, 0.1) is 0 Å². The van der Waals surface area contributed by atoms with Gasteiger partial charge in [-0.15, -0.1) is 6.58 Å². The molecule has 1 fully saturated rings. The van der Waals surface area contributed by atoms with Crippen molar-refractivity contribution in [1.29, 1.82) is 0 Å². The maximum Gasteiger partial charge on any atom is 0.0154 e. The fourth-order valence-electron chi connectivity index (χ4n) is 0.401. The van der Waals surface area contributed by atoms with Crippen molar-refractivity contribution < 1.29 is 0 Å². The highest BCUT2D eigenvalue weighted by molar-refractivity contribution is 6.18. The average Bonchev–Trinajstić information content (AvgIpc) is 2.22. The zero-order valence-electron chi connectivity index (χ0n) is 4.20. The third-order valence-electron chi connectivity index (χ3n) is 1.53. The van der Waals surface area contributed by atoms with E-state index in [2.05, 4.69) is 12.7 Å². The van der Waals surface area contributed by atoms with Gasteiger partial charge in [-0.05, 0) is 17.9 Å². The van der Waals surface area contributed by atoms with Gasteiger partial charge in [-0.1, -0.05) is 6.08 Å². The van der Waals surface area contributed by atoms with E-state index in [0.717, 1.165) is 0 Å². The second-order valence-electron chi connectivity index (χ2n) is 2.36. The Morgan fingerprint density at radius 3 is 2.17 bits per heavy atom. The summed E-state index contributed by atoms with van der Waals surface area (Å²) in [6.45, 7) is 3.73.